The lowest BCUT2D eigenvalue weighted by atomic mass is 10.1. The number of hydrogen-bond acceptors (Lipinski definition) is 1. The van der Waals surface area contributed by atoms with E-state index in [9.17, 15) is 0 Å². The van der Waals surface area contributed by atoms with E-state index in [0.29, 0.717) is 5.92 Å². The third kappa shape index (κ3) is 13.2. The van der Waals surface area contributed by atoms with Gasteiger partial charge in [-0.2, -0.15) is 0 Å². The van der Waals surface area contributed by atoms with Crippen LogP contribution >= 0.6 is 0 Å². The molecule has 0 heterocycles. The van der Waals surface area contributed by atoms with E-state index in [2.05, 4.69) is 39.8 Å². The van der Waals surface area contributed by atoms with Gasteiger partial charge >= 0.3 is 0 Å². The molecule has 0 aromatic heterocycles. The Morgan fingerprint density at radius 3 is 2.59 bits per heavy atom. The minimum atomic E-state index is 0.612. The van der Waals surface area contributed by atoms with Crippen LogP contribution in [0.4, 0.5) is 0 Å². The van der Waals surface area contributed by atoms with Crippen LogP contribution in [0.3, 0.4) is 0 Å². The summed E-state index contributed by atoms with van der Waals surface area (Å²) in [6, 6.07) is 0. The van der Waals surface area contributed by atoms with Crippen molar-refractivity contribution in [1.82, 2.24) is 0 Å². The summed E-state index contributed by atoms with van der Waals surface area (Å²) < 4.78 is 5.48. The first-order valence-corrected chi connectivity index (χ1v) is 7.08. The van der Waals surface area contributed by atoms with E-state index >= 15 is 0 Å². The Hall–Kier alpha value is -0.720. The summed E-state index contributed by atoms with van der Waals surface area (Å²) in [4.78, 5) is 0. The van der Waals surface area contributed by atoms with Crippen molar-refractivity contribution in [2.24, 2.45) is 5.92 Å². The van der Waals surface area contributed by atoms with Crippen molar-refractivity contribution in [3.63, 3.8) is 0 Å². The van der Waals surface area contributed by atoms with Gasteiger partial charge in [0.25, 0.3) is 0 Å². The fourth-order valence-electron chi connectivity index (χ4n) is 1.60. The van der Waals surface area contributed by atoms with Crippen LogP contribution in [-0.4, -0.2) is 6.61 Å². The van der Waals surface area contributed by atoms with E-state index in [0.717, 1.165) is 6.61 Å². The van der Waals surface area contributed by atoms with Crippen LogP contribution < -0.4 is 0 Å². The molecule has 100 valence electrons. The number of allylic oxidation sites excluding steroid dienone is 3. The molecule has 0 bridgehead atoms. The van der Waals surface area contributed by atoms with E-state index in [1.54, 1.807) is 0 Å². The smallest absolute Gasteiger partial charge is 0.0873 e. The minimum absolute atomic E-state index is 0.612. The molecule has 0 amide bonds. The highest BCUT2D eigenvalue weighted by Crippen LogP contribution is 2.09. The van der Waals surface area contributed by atoms with Gasteiger partial charge in [0, 0.05) is 0 Å². The lowest BCUT2D eigenvalue weighted by Crippen LogP contribution is -1.91. The van der Waals surface area contributed by atoms with Crippen molar-refractivity contribution >= 4 is 0 Å². The Morgan fingerprint density at radius 2 is 1.94 bits per heavy atom. The summed E-state index contributed by atoms with van der Waals surface area (Å²) in [5, 5.41) is 0. The van der Waals surface area contributed by atoms with Crippen LogP contribution in [0, 0.1) is 5.92 Å². The summed E-state index contributed by atoms with van der Waals surface area (Å²) in [5.74, 6) is 0.612. The molecule has 1 heteroatoms. The normalized spacial score (nSPS) is 12.7. The van der Waals surface area contributed by atoms with Crippen molar-refractivity contribution < 1.29 is 4.74 Å². The van der Waals surface area contributed by atoms with Crippen LogP contribution in [0.25, 0.3) is 0 Å². The summed E-state index contributed by atoms with van der Waals surface area (Å²) in [7, 11) is 0. The molecule has 0 fully saturated rings. The van der Waals surface area contributed by atoms with Crippen molar-refractivity contribution in [2.45, 2.75) is 66.2 Å². The number of ether oxygens (including phenoxy) is 1. The molecule has 1 nitrogen and oxygen atoms in total. The zero-order valence-corrected chi connectivity index (χ0v) is 12.2. The van der Waals surface area contributed by atoms with Crippen molar-refractivity contribution in [2.75, 3.05) is 6.61 Å². The third-order valence-corrected chi connectivity index (χ3v) is 2.79. The Balaban J connectivity index is 3.40. The molecule has 0 aliphatic carbocycles. The summed E-state index contributed by atoms with van der Waals surface area (Å²) in [6.45, 7) is 9.65. The van der Waals surface area contributed by atoms with E-state index in [-0.39, 0.29) is 0 Å². The maximum Gasteiger partial charge on any atom is 0.0873 e. The molecule has 0 aliphatic heterocycles. The molecule has 0 saturated heterocycles. The maximum atomic E-state index is 5.48. The molecule has 0 aromatic rings. The van der Waals surface area contributed by atoms with Crippen LogP contribution in [0.5, 0.6) is 0 Å². The predicted octanol–water partition coefficient (Wildman–Crippen LogP) is 5.48. The van der Waals surface area contributed by atoms with Gasteiger partial charge in [-0.25, -0.2) is 0 Å². The number of rotatable bonds is 10. The molecule has 0 N–H and O–H groups in total. The molecular weight excluding hydrogens is 208 g/mol. The van der Waals surface area contributed by atoms with Gasteiger partial charge in [-0.3, -0.25) is 0 Å². The summed E-state index contributed by atoms with van der Waals surface area (Å²) >= 11 is 0. The van der Waals surface area contributed by atoms with E-state index in [4.69, 9.17) is 4.74 Å². The molecule has 0 radical (unpaired) electrons. The average Bonchev–Trinajstić information content (AvgIpc) is 2.27. The third-order valence-electron chi connectivity index (χ3n) is 2.79. The SMILES string of the molecule is CCCCCCO/C=C/C(C)CCC=C(C)C. The largest absolute Gasteiger partial charge is 0.502 e. The quantitative estimate of drug-likeness (QED) is 0.278. The first kappa shape index (κ1) is 16.3. The first-order chi connectivity index (χ1) is 8.16. The lowest BCUT2D eigenvalue weighted by molar-refractivity contribution is 0.238. The predicted molar refractivity (Wildman–Crippen MR) is 77.1 cm³/mol. The molecule has 1 atom stereocenters. The average molecular weight is 238 g/mol. The van der Waals surface area contributed by atoms with Gasteiger partial charge in [0.2, 0.25) is 0 Å². The van der Waals surface area contributed by atoms with Gasteiger partial charge in [-0.05, 0) is 45.1 Å². The second-order valence-electron chi connectivity index (χ2n) is 5.10. The Kier molecular flexibility index (Phi) is 11.3. The van der Waals surface area contributed by atoms with Crippen molar-refractivity contribution in [3.8, 4) is 0 Å². The van der Waals surface area contributed by atoms with Crippen molar-refractivity contribution in [3.05, 3.63) is 24.0 Å². The Bertz CT molecular complexity index is 212. The number of hydrogen-bond donors (Lipinski definition) is 0. The highest BCUT2D eigenvalue weighted by molar-refractivity contribution is 4.93. The molecule has 1 unspecified atom stereocenters. The zero-order valence-electron chi connectivity index (χ0n) is 12.2. The second kappa shape index (κ2) is 11.8. The highest BCUT2D eigenvalue weighted by Gasteiger charge is 1.95. The van der Waals surface area contributed by atoms with E-state index < -0.39 is 0 Å². The Morgan fingerprint density at radius 1 is 1.18 bits per heavy atom. The van der Waals surface area contributed by atoms with Crippen molar-refractivity contribution in [1.29, 1.82) is 0 Å². The first-order valence-electron chi connectivity index (χ1n) is 7.08. The summed E-state index contributed by atoms with van der Waals surface area (Å²) in [5.41, 5.74) is 1.41. The van der Waals surface area contributed by atoms with E-state index in [1.807, 2.05) is 6.26 Å². The molecule has 0 rings (SSSR count). The molecule has 0 aromatic carbocycles. The highest BCUT2D eigenvalue weighted by atomic mass is 16.5. The van der Waals surface area contributed by atoms with Crippen LogP contribution in [-0.2, 0) is 4.74 Å². The van der Waals surface area contributed by atoms with Gasteiger partial charge in [-0.15, -0.1) is 0 Å². The van der Waals surface area contributed by atoms with Crippen LogP contribution in [0.2, 0.25) is 0 Å². The fraction of sp³-hybridized carbons (Fsp3) is 0.750. The van der Waals surface area contributed by atoms with Gasteiger partial charge in [0.1, 0.15) is 0 Å². The summed E-state index contributed by atoms with van der Waals surface area (Å²) in [6.07, 6.45) is 13.8. The Labute approximate surface area is 108 Å². The minimum Gasteiger partial charge on any atom is -0.502 e. The van der Waals surface area contributed by atoms with Gasteiger partial charge in [0.15, 0.2) is 0 Å². The lowest BCUT2D eigenvalue weighted by Gasteiger charge is -2.04. The molecule has 0 saturated carbocycles. The monoisotopic (exact) mass is 238 g/mol. The number of unbranched alkanes of at least 4 members (excludes halogenated alkanes) is 3. The van der Waals surface area contributed by atoms with Gasteiger partial charge in [0.05, 0.1) is 12.9 Å². The second-order valence-corrected chi connectivity index (χ2v) is 5.10. The molecule has 0 spiro atoms. The standard InChI is InChI=1S/C16H30O/c1-5-6-7-8-13-17-14-12-16(4)11-9-10-15(2)3/h10,12,14,16H,5-9,11,13H2,1-4H3/b14-12+. The van der Waals surface area contributed by atoms with Crippen LogP contribution in [0.1, 0.15) is 66.2 Å². The van der Waals surface area contributed by atoms with E-state index in [1.165, 1.54) is 44.1 Å². The zero-order chi connectivity index (χ0) is 12.9. The molecule has 0 aliphatic rings. The topological polar surface area (TPSA) is 9.23 Å². The van der Waals surface area contributed by atoms with Gasteiger partial charge < -0.3 is 4.74 Å². The molecular formula is C16H30O. The maximum absolute atomic E-state index is 5.48. The molecule has 17 heavy (non-hydrogen) atoms. The van der Waals surface area contributed by atoms with Crippen LogP contribution in [0.15, 0.2) is 24.0 Å². The fourth-order valence-corrected chi connectivity index (χ4v) is 1.60. The van der Waals surface area contributed by atoms with Gasteiger partial charge in [-0.1, -0.05) is 44.8 Å².